The molecule has 0 saturated heterocycles. The second kappa shape index (κ2) is 19.2. The fourth-order valence-corrected chi connectivity index (χ4v) is 4.50. The van der Waals surface area contributed by atoms with E-state index in [2.05, 4.69) is 22.9 Å². The van der Waals surface area contributed by atoms with Gasteiger partial charge in [0.25, 0.3) is 0 Å². The van der Waals surface area contributed by atoms with Crippen molar-refractivity contribution in [3.63, 3.8) is 0 Å². The normalized spacial score (nSPS) is 13.0. The van der Waals surface area contributed by atoms with Crippen LogP contribution >= 0.6 is 0 Å². The van der Waals surface area contributed by atoms with Crippen LogP contribution in [0.2, 0.25) is 0 Å². The first-order valence-corrected chi connectivity index (χ1v) is 14.9. The van der Waals surface area contributed by atoms with Crippen LogP contribution in [0.15, 0.2) is 54.6 Å². The van der Waals surface area contributed by atoms with E-state index in [1.807, 2.05) is 30.3 Å². The quantitative estimate of drug-likeness (QED) is 0.130. The maximum absolute atomic E-state index is 13.2. The lowest BCUT2D eigenvalue weighted by molar-refractivity contribution is -0.142. The first-order valence-electron chi connectivity index (χ1n) is 14.9. The topological polar surface area (TPSA) is 171 Å². The molecular weight excluding hydrogens is 536 g/mol. The average Bonchev–Trinajstić information content (AvgIpc) is 2.97. The molecule has 230 valence electrons. The van der Waals surface area contributed by atoms with E-state index in [1.54, 1.807) is 12.1 Å². The molecule has 2 aromatic rings. The molecule has 2 rings (SSSR count). The minimum absolute atomic E-state index is 0.00225. The molecule has 3 amide bonds. The van der Waals surface area contributed by atoms with Gasteiger partial charge in [0.05, 0.1) is 6.04 Å². The third kappa shape index (κ3) is 13.6. The van der Waals surface area contributed by atoms with Gasteiger partial charge in [0, 0.05) is 25.8 Å². The number of nitrogens with one attached hydrogen (secondary N) is 3. The Kier molecular flexibility index (Phi) is 15.7. The number of rotatable bonds is 20. The Bertz CT molecular complexity index is 1110. The number of carboxylic acid groups (broad SMARTS) is 1. The number of carbonyl (C=O) groups excluding carboxylic acids is 3. The number of hydrogen-bond donors (Lipinski definition) is 6. The summed E-state index contributed by atoms with van der Waals surface area (Å²) in [6.45, 7) is 2.67. The van der Waals surface area contributed by atoms with Gasteiger partial charge in [-0.25, -0.2) is 4.79 Å². The smallest absolute Gasteiger partial charge is 0.326 e. The van der Waals surface area contributed by atoms with Gasteiger partial charge in [-0.05, 0) is 48.9 Å². The van der Waals surface area contributed by atoms with E-state index in [9.17, 15) is 29.4 Å². The van der Waals surface area contributed by atoms with E-state index in [-0.39, 0.29) is 24.5 Å². The summed E-state index contributed by atoms with van der Waals surface area (Å²) in [5, 5.41) is 27.4. The fraction of sp³-hybridized carbons (Fsp3) is 0.500. The number of aliphatic carboxylic acids is 1. The molecule has 0 radical (unpaired) electrons. The summed E-state index contributed by atoms with van der Waals surface area (Å²) >= 11 is 0. The molecule has 0 unspecified atom stereocenters. The Hall–Kier alpha value is -3.92. The van der Waals surface area contributed by atoms with Crippen LogP contribution in [0.1, 0.15) is 75.8 Å². The van der Waals surface area contributed by atoms with Crippen molar-refractivity contribution in [1.29, 1.82) is 0 Å². The van der Waals surface area contributed by atoms with Gasteiger partial charge >= 0.3 is 5.97 Å². The van der Waals surface area contributed by atoms with Crippen LogP contribution in [-0.4, -0.2) is 58.6 Å². The third-order valence-electron chi connectivity index (χ3n) is 7.01. The van der Waals surface area contributed by atoms with Crippen molar-refractivity contribution in [3.8, 4) is 5.75 Å². The summed E-state index contributed by atoms with van der Waals surface area (Å²) < 4.78 is 0. The number of unbranched alkanes of at least 4 members (excludes halogenated alkanes) is 5. The molecule has 0 saturated carbocycles. The van der Waals surface area contributed by atoms with Gasteiger partial charge < -0.3 is 31.9 Å². The number of amides is 3. The van der Waals surface area contributed by atoms with Gasteiger partial charge in [-0.3, -0.25) is 14.4 Å². The largest absolute Gasteiger partial charge is 0.508 e. The highest BCUT2D eigenvalue weighted by Crippen LogP contribution is 2.12. The summed E-state index contributed by atoms with van der Waals surface area (Å²) in [7, 11) is 0. The van der Waals surface area contributed by atoms with Crippen LogP contribution in [0.3, 0.4) is 0 Å². The van der Waals surface area contributed by atoms with Crippen LogP contribution in [0.25, 0.3) is 0 Å². The minimum Gasteiger partial charge on any atom is -0.508 e. The number of aromatic hydroxyl groups is 1. The first kappa shape index (κ1) is 34.3. The predicted molar refractivity (Wildman–Crippen MR) is 162 cm³/mol. The molecule has 0 aliphatic heterocycles. The van der Waals surface area contributed by atoms with E-state index in [0.717, 1.165) is 24.8 Å². The van der Waals surface area contributed by atoms with Gasteiger partial charge in [-0.15, -0.1) is 0 Å². The predicted octanol–water partition coefficient (Wildman–Crippen LogP) is 3.21. The van der Waals surface area contributed by atoms with Crippen molar-refractivity contribution < 1.29 is 29.4 Å². The van der Waals surface area contributed by atoms with Crippen molar-refractivity contribution >= 4 is 23.7 Å². The zero-order valence-electron chi connectivity index (χ0n) is 24.5. The molecule has 0 bridgehead atoms. The van der Waals surface area contributed by atoms with Crippen LogP contribution in [0.5, 0.6) is 5.75 Å². The summed E-state index contributed by atoms with van der Waals surface area (Å²) in [5.74, 6) is -2.28. The van der Waals surface area contributed by atoms with Crippen molar-refractivity contribution in [1.82, 2.24) is 16.0 Å². The number of nitrogens with two attached hydrogens (primary N) is 1. The van der Waals surface area contributed by atoms with Gasteiger partial charge in [0.15, 0.2) is 0 Å². The first-order chi connectivity index (χ1) is 20.2. The molecule has 0 heterocycles. The van der Waals surface area contributed by atoms with Gasteiger partial charge in [-0.1, -0.05) is 75.1 Å². The van der Waals surface area contributed by atoms with Gasteiger partial charge in [0.2, 0.25) is 17.7 Å². The van der Waals surface area contributed by atoms with Crippen LogP contribution < -0.4 is 21.7 Å². The highest BCUT2D eigenvalue weighted by molar-refractivity contribution is 5.92. The van der Waals surface area contributed by atoms with Gasteiger partial charge in [-0.2, -0.15) is 0 Å². The lowest BCUT2D eigenvalue weighted by Crippen LogP contribution is -2.55. The Morgan fingerprint density at radius 1 is 0.762 bits per heavy atom. The van der Waals surface area contributed by atoms with Crippen LogP contribution in [0, 0.1) is 0 Å². The summed E-state index contributed by atoms with van der Waals surface area (Å²) in [6.07, 6.45) is 7.80. The third-order valence-corrected chi connectivity index (χ3v) is 7.01. The molecule has 3 atom stereocenters. The Morgan fingerprint density at radius 2 is 1.38 bits per heavy atom. The number of hydrogen-bond acceptors (Lipinski definition) is 6. The van der Waals surface area contributed by atoms with E-state index < -0.39 is 35.9 Å². The molecule has 42 heavy (non-hydrogen) atoms. The molecular formula is C32H46N4O6. The molecule has 0 aliphatic carbocycles. The van der Waals surface area contributed by atoms with Crippen LogP contribution in [-0.2, 0) is 32.0 Å². The molecule has 0 aliphatic rings. The average molecular weight is 583 g/mol. The molecule has 10 heteroatoms. The Labute approximate surface area is 248 Å². The van der Waals surface area contributed by atoms with E-state index in [1.165, 1.54) is 25.0 Å². The summed E-state index contributed by atoms with van der Waals surface area (Å²) in [5.41, 5.74) is 7.53. The highest BCUT2D eigenvalue weighted by Gasteiger charge is 2.28. The van der Waals surface area contributed by atoms with Crippen molar-refractivity contribution in [2.75, 3.05) is 6.54 Å². The zero-order valence-corrected chi connectivity index (χ0v) is 24.5. The SMILES string of the molecule is CCCCCCCC(=O)NCCCC[C@H](N)C(=O)N[C@@H](Cc1ccccc1)C(=O)N[C@@H](Cc1ccc(O)cc1)C(=O)O. The number of phenolic OH excluding ortho intramolecular Hbond substituents is 1. The van der Waals surface area contributed by atoms with Crippen LogP contribution in [0.4, 0.5) is 0 Å². The summed E-state index contributed by atoms with van der Waals surface area (Å²) in [6, 6.07) is 12.0. The number of carboxylic acids is 1. The fourth-order valence-electron chi connectivity index (χ4n) is 4.50. The second-order valence-corrected chi connectivity index (χ2v) is 10.6. The molecule has 10 nitrogen and oxygen atoms in total. The number of carbonyl (C=O) groups is 4. The Morgan fingerprint density at radius 3 is 2.05 bits per heavy atom. The molecule has 0 aromatic heterocycles. The number of phenols is 1. The van der Waals surface area contributed by atoms with Crippen molar-refractivity contribution in [3.05, 3.63) is 65.7 Å². The van der Waals surface area contributed by atoms with Crippen molar-refractivity contribution in [2.45, 2.75) is 95.7 Å². The van der Waals surface area contributed by atoms with E-state index >= 15 is 0 Å². The summed E-state index contributed by atoms with van der Waals surface area (Å²) in [4.78, 5) is 50.1. The molecule has 0 fully saturated rings. The molecule has 2 aromatic carbocycles. The van der Waals surface area contributed by atoms with E-state index in [4.69, 9.17) is 5.73 Å². The minimum atomic E-state index is -1.24. The zero-order chi connectivity index (χ0) is 30.7. The lowest BCUT2D eigenvalue weighted by Gasteiger charge is -2.23. The van der Waals surface area contributed by atoms with Crippen molar-refractivity contribution in [2.24, 2.45) is 5.73 Å². The lowest BCUT2D eigenvalue weighted by atomic mass is 10.0. The maximum atomic E-state index is 13.2. The second-order valence-electron chi connectivity index (χ2n) is 10.6. The molecule has 7 N–H and O–H groups in total. The Balaban J connectivity index is 1.88. The number of benzene rings is 2. The monoisotopic (exact) mass is 582 g/mol. The van der Waals surface area contributed by atoms with Gasteiger partial charge in [0.1, 0.15) is 17.8 Å². The standard InChI is InChI=1S/C32H46N4O6/c1-2-3-4-5-9-15-29(38)34-20-11-10-14-26(33)30(39)35-27(21-23-12-7-6-8-13-23)31(40)36-28(32(41)42)22-24-16-18-25(37)19-17-24/h6-8,12-13,16-19,26-28,37H,2-5,9-11,14-15,20-22,33H2,1H3,(H,34,38)(H,35,39)(H,36,40)(H,41,42)/t26-,27-,28-/m0/s1. The highest BCUT2D eigenvalue weighted by atomic mass is 16.4. The maximum Gasteiger partial charge on any atom is 0.326 e. The molecule has 0 spiro atoms. The van der Waals surface area contributed by atoms with E-state index in [0.29, 0.717) is 37.8 Å².